The maximum Gasteiger partial charge on any atom is 0.141 e. The van der Waals surface area contributed by atoms with Crippen molar-refractivity contribution in [2.75, 3.05) is 0 Å². The first kappa shape index (κ1) is 13.0. The molecule has 0 aliphatic heterocycles. The van der Waals surface area contributed by atoms with Crippen LogP contribution in [0.25, 0.3) is 0 Å². The first-order valence-corrected chi connectivity index (χ1v) is 5.87. The van der Waals surface area contributed by atoms with Gasteiger partial charge in [-0.1, -0.05) is 0 Å². The Labute approximate surface area is 110 Å². The van der Waals surface area contributed by atoms with E-state index in [0.29, 0.717) is 15.8 Å². The molecule has 2 aromatic rings. The van der Waals surface area contributed by atoms with Gasteiger partial charge in [0.25, 0.3) is 0 Å². The van der Waals surface area contributed by atoms with Crippen LogP contribution in [0.1, 0.15) is 5.56 Å². The number of rotatable bonds is 3. The summed E-state index contributed by atoms with van der Waals surface area (Å²) in [6.45, 7) is -0.0320. The molecule has 0 fully saturated rings. The Morgan fingerprint density at radius 2 is 1.61 bits per heavy atom. The van der Waals surface area contributed by atoms with Crippen molar-refractivity contribution in [2.45, 2.75) is 6.61 Å². The van der Waals surface area contributed by atoms with Gasteiger partial charge in [-0.05, 0) is 45.8 Å². The fourth-order valence-electron chi connectivity index (χ4n) is 1.43. The molecule has 0 unspecified atom stereocenters. The predicted molar refractivity (Wildman–Crippen MR) is 64.8 cm³/mol. The summed E-state index contributed by atoms with van der Waals surface area (Å²) in [6.07, 6.45) is 0. The van der Waals surface area contributed by atoms with Crippen LogP contribution in [0.2, 0.25) is 0 Å². The molecule has 5 heteroatoms. The van der Waals surface area contributed by atoms with Gasteiger partial charge in [-0.3, -0.25) is 0 Å². The third kappa shape index (κ3) is 3.26. The number of benzene rings is 2. The third-order valence-corrected chi connectivity index (χ3v) is 2.86. The van der Waals surface area contributed by atoms with E-state index in [1.165, 1.54) is 12.1 Å². The van der Waals surface area contributed by atoms with E-state index < -0.39 is 17.5 Å². The maximum atomic E-state index is 13.2. The molecule has 0 aromatic heterocycles. The molecular weight excluding hydrogens is 309 g/mol. The Morgan fingerprint density at radius 1 is 0.944 bits per heavy atom. The summed E-state index contributed by atoms with van der Waals surface area (Å²) in [7, 11) is 0. The van der Waals surface area contributed by atoms with E-state index in [1.807, 2.05) is 0 Å². The van der Waals surface area contributed by atoms with Crippen LogP contribution in [0.5, 0.6) is 5.75 Å². The van der Waals surface area contributed by atoms with Gasteiger partial charge in [0.05, 0.1) is 4.47 Å². The SMILES string of the molecule is Fc1cc(F)cc(COc2ccc(Br)c(F)c2)c1. The van der Waals surface area contributed by atoms with Crippen LogP contribution in [-0.4, -0.2) is 0 Å². The average molecular weight is 317 g/mol. The Bertz CT molecular complexity index is 552. The molecule has 94 valence electrons. The summed E-state index contributed by atoms with van der Waals surface area (Å²) < 4.78 is 44.6. The van der Waals surface area contributed by atoms with Crippen LogP contribution in [-0.2, 0) is 6.61 Å². The first-order valence-electron chi connectivity index (χ1n) is 5.07. The summed E-state index contributed by atoms with van der Waals surface area (Å²) in [4.78, 5) is 0. The van der Waals surface area contributed by atoms with E-state index in [9.17, 15) is 13.2 Å². The summed E-state index contributed by atoms with van der Waals surface area (Å²) in [5, 5.41) is 0. The first-order chi connectivity index (χ1) is 8.54. The minimum Gasteiger partial charge on any atom is -0.489 e. The molecule has 0 bridgehead atoms. The van der Waals surface area contributed by atoms with Crippen molar-refractivity contribution in [2.24, 2.45) is 0 Å². The van der Waals surface area contributed by atoms with Crippen molar-refractivity contribution in [3.8, 4) is 5.75 Å². The van der Waals surface area contributed by atoms with Gasteiger partial charge in [-0.2, -0.15) is 0 Å². The Balaban J connectivity index is 2.08. The standard InChI is InChI=1S/C13H8BrF3O/c14-12-2-1-11(6-13(12)17)18-7-8-3-9(15)5-10(16)4-8/h1-6H,7H2. The van der Waals surface area contributed by atoms with Crippen molar-refractivity contribution in [1.29, 1.82) is 0 Å². The lowest BCUT2D eigenvalue weighted by atomic mass is 10.2. The van der Waals surface area contributed by atoms with Crippen LogP contribution in [0.3, 0.4) is 0 Å². The second-order valence-corrected chi connectivity index (χ2v) is 4.50. The van der Waals surface area contributed by atoms with Crippen molar-refractivity contribution < 1.29 is 17.9 Å². The van der Waals surface area contributed by atoms with Crippen molar-refractivity contribution in [3.63, 3.8) is 0 Å². The highest BCUT2D eigenvalue weighted by Crippen LogP contribution is 2.21. The summed E-state index contributed by atoms with van der Waals surface area (Å²) in [6, 6.07) is 7.36. The molecule has 18 heavy (non-hydrogen) atoms. The lowest BCUT2D eigenvalue weighted by molar-refractivity contribution is 0.303. The number of ether oxygens (including phenoxy) is 1. The average Bonchev–Trinajstić information content (AvgIpc) is 2.29. The van der Waals surface area contributed by atoms with Crippen molar-refractivity contribution >= 4 is 15.9 Å². The minimum absolute atomic E-state index is 0.0320. The monoisotopic (exact) mass is 316 g/mol. The molecule has 0 aliphatic rings. The van der Waals surface area contributed by atoms with E-state index in [2.05, 4.69) is 15.9 Å². The van der Waals surface area contributed by atoms with Gasteiger partial charge in [-0.15, -0.1) is 0 Å². The molecule has 2 rings (SSSR count). The van der Waals surface area contributed by atoms with Crippen molar-refractivity contribution in [1.82, 2.24) is 0 Å². The van der Waals surface area contributed by atoms with Gasteiger partial charge in [-0.25, -0.2) is 13.2 Å². The van der Waals surface area contributed by atoms with Gasteiger partial charge in [0, 0.05) is 12.1 Å². The maximum absolute atomic E-state index is 13.2. The van der Waals surface area contributed by atoms with Crippen LogP contribution in [0.4, 0.5) is 13.2 Å². The number of hydrogen-bond donors (Lipinski definition) is 0. The molecule has 0 radical (unpaired) electrons. The molecule has 0 saturated heterocycles. The second-order valence-electron chi connectivity index (χ2n) is 3.64. The highest BCUT2D eigenvalue weighted by molar-refractivity contribution is 9.10. The number of halogens is 4. The van der Waals surface area contributed by atoms with Crippen LogP contribution >= 0.6 is 15.9 Å². The molecule has 0 aliphatic carbocycles. The van der Waals surface area contributed by atoms with E-state index in [4.69, 9.17) is 4.74 Å². The zero-order valence-corrected chi connectivity index (χ0v) is 10.7. The number of hydrogen-bond acceptors (Lipinski definition) is 1. The lowest BCUT2D eigenvalue weighted by Crippen LogP contribution is -1.97. The highest BCUT2D eigenvalue weighted by Gasteiger charge is 2.04. The van der Waals surface area contributed by atoms with Gasteiger partial charge >= 0.3 is 0 Å². The van der Waals surface area contributed by atoms with E-state index >= 15 is 0 Å². The van der Waals surface area contributed by atoms with Crippen LogP contribution in [0, 0.1) is 17.5 Å². The van der Waals surface area contributed by atoms with E-state index in [0.717, 1.165) is 18.2 Å². The summed E-state index contributed by atoms with van der Waals surface area (Å²) in [5.41, 5.74) is 0.343. The quantitative estimate of drug-likeness (QED) is 0.813. The fraction of sp³-hybridized carbons (Fsp3) is 0.0769. The van der Waals surface area contributed by atoms with E-state index in [1.54, 1.807) is 6.07 Å². The van der Waals surface area contributed by atoms with Gasteiger partial charge in [0.1, 0.15) is 29.8 Å². The third-order valence-electron chi connectivity index (χ3n) is 2.22. The molecule has 0 atom stereocenters. The van der Waals surface area contributed by atoms with E-state index in [-0.39, 0.29) is 6.61 Å². The minimum atomic E-state index is -0.671. The van der Waals surface area contributed by atoms with Gasteiger partial charge < -0.3 is 4.74 Å². The highest BCUT2D eigenvalue weighted by atomic mass is 79.9. The molecule has 1 nitrogen and oxygen atoms in total. The summed E-state index contributed by atoms with van der Waals surface area (Å²) >= 11 is 3.01. The lowest BCUT2D eigenvalue weighted by Gasteiger charge is -2.07. The molecule has 0 amide bonds. The molecule has 0 saturated carbocycles. The van der Waals surface area contributed by atoms with Crippen LogP contribution in [0.15, 0.2) is 40.9 Å². The Hall–Kier alpha value is -1.49. The molecule has 2 aromatic carbocycles. The Kier molecular flexibility index (Phi) is 3.91. The predicted octanol–water partition coefficient (Wildman–Crippen LogP) is 4.45. The zero-order chi connectivity index (χ0) is 13.1. The molecule has 0 N–H and O–H groups in total. The zero-order valence-electron chi connectivity index (χ0n) is 9.09. The molecule has 0 heterocycles. The van der Waals surface area contributed by atoms with Crippen molar-refractivity contribution in [3.05, 3.63) is 63.9 Å². The molecule has 0 spiro atoms. The molecular formula is C13H8BrF3O. The van der Waals surface area contributed by atoms with Gasteiger partial charge in [0.2, 0.25) is 0 Å². The largest absolute Gasteiger partial charge is 0.489 e. The topological polar surface area (TPSA) is 9.23 Å². The second kappa shape index (κ2) is 5.44. The normalized spacial score (nSPS) is 10.4. The van der Waals surface area contributed by atoms with Gasteiger partial charge in [0.15, 0.2) is 0 Å². The van der Waals surface area contributed by atoms with Crippen LogP contribution < -0.4 is 4.74 Å². The summed E-state index contributed by atoms with van der Waals surface area (Å²) in [5.74, 6) is -1.51. The Morgan fingerprint density at radius 3 is 2.22 bits per heavy atom. The smallest absolute Gasteiger partial charge is 0.141 e. The fourth-order valence-corrected chi connectivity index (χ4v) is 1.67.